The van der Waals surface area contributed by atoms with Crippen molar-refractivity contribution >= 4 is 17.6 Å². The van der Waals surface area contributed by atoms with Gasteiger partial charge < -0.3 is 19.9 Å². The van der Waals surface area contributed by atoms with Gasteiger partial charge in [-0.05, 0) is 47.5 Å². The van der Waals surface area contributed by atoms with Crippen LogP contribution in [0.5, 0.6) is 17.2 Å². The van der Waals surface area contributed by atoms with Crippen LogP contribution in [0.3, 0.4) is 0 Å². The summed E-state index contributed by atoms with van der Waals surface area (Å²) in [4.78, 5) is 12.5. The Morgan fingerprint density at radius 1 is 0.946 bits per heavy atom. The Hall–Kier alpha value is -4.73. The quantitative estimate of drug-likeness (QED) is 0.240. The number of nitrogens with zero attached hydrogens (tertiary/aromatic N) is 1. The molecule has 7 heteroatoms. The molecule has 4 aromatic rings. The Balaban J connectivity index is 1.39. The highest BCUT2D eigenvalue weighted by molar-refractivity contribution is 6.30. The number of nitriles is 1. The highest BCUT2D eigenvalue weighted by atomic mass is 35.5. The first-order valence-corrected chi connectivity index (χ1v) is 11.9. The predicted molar refractivity (Wildman–Crippen MR) is 139 cm³/mol. The summed E-state index contributed by atoms with van der Waals surface area (Å²) >= 11 is 5.98. The van der Waals surface area contributed by atoms with E-state index in [1.165, 1.54) is 6.07 Å². The summed E-state index contributed by atoms with van der Waals surface area (Å²) in [6.45, 7) is 0.452. The first-order chi connectivity index (χ1) is 18.0. The van der Waals surface area contributed by atoms with E-state index in [2.05, 4.69) is 6.07 Å². The van der Waals surface area contributed by atoms with E-state index in [0.717, 1.165) is 16.7 Å². The number of carbonyl (C=O) groups is 1. The lowest BCUT2D eigenvalue weighted by Crippen LogP contribution is -2.21. The molecule has 0 amide bonds. The zero-order valence-corrected chi connectivity index (χ0v) is 20.3. The van der Waals surface area contributed by atoms with E-state index in [1.54, 1.807) is 36.4 Å². The summed E-state index contributed by atoms with van der Waals surface area (Å²) in [5.41, 5.74) is 9.39. The smallest absolute Gasteiger partial charge is 0.343 e. The molecule has 0 saturated carbocycles. The summed E-state index contributed by atoms with van der Waals surface area (Å²) in [6.07, 6.45) is 0. The van der Waals surface area contributed by atoms with Crippen molar-refractivity contribution in [3.05, 3.63) is 136 Å². The molecule has 182 valence electrons. The maximum atomic E-state index is 12.5. The highest BCUT2D eigenvalue weighted by Crippen LogP contribution is 2.43. The maximum absolute atomic E-state index is 12.5. The Morgan fingerprint density at radius 3 is 2.43 bits per heavy atom. The lowest BCUT2D eigenvalue weighted by Gasteiger charge is -2.26. The van der Waals surface area contributed by atoms with Crippen molar-refractivity contribution in [3.8, 4) is 23.3 Å². The Kier molecular flexibility index (Phi) is 6.80. The molecule has 1 atom stereocenters. The molecule has 0 fully saturated rings. The van der Waals surface area contributed by atoms with Crippen LogP contribution in [0.4, 0.5) is 0 Å². The molecule has 0 radical (unpaired) electrons. The normalized spacial score (nSPS) is 14.2. The molecule has 5 rings (SSSR count). The van der Waals surface area contributed by atoms with Crippen molar-refractivity contribution in [2.75, 3.05) is 0 Å². The number of fused-ring (bicyclic) bond motifs is 1. The van der Waals surface area contributed by atoms with E-state index in [9.17, 15) is 10.1 Å². The molecule has 4 aromatic carbocycles. The number of ether oxygens (including phenoxy) is 3. The Labute approximate surface area is 219 Å². The summed E-state index contributed by atoms with van der Waals surface area (Å²) in [6, 6.07) is 31.1. The van der Waals surface area contributed by atoms with Gasteiger partial charge in [-0.1, -0.05) is 66.2 Å². The monoisotopic (exact) mass is 508 g/mol. The molecule has 0 aromatic heterocycles. The topological polar surface area (TPSA) is 94.6 Å². The summed E-state index contributed by atoms with van der Waals surface area (Å²) in [7, 11) is 0. The van der Waals surface area contributed by atoms with Crippen molar-refractivity contribution in [3.63, 3.8) is 0 Å². The molecule has 0 saturated heterocycles. The van der Waals surface area contributed by atoms with Crippen LogP contribution >= 0.6 is 11.6 Å². The number of nitrogens with two attached hydrogens (primary N) is 1. The molecular formula is C30H21ClN2O4. The van der Waals surface area contributed by atoms with Crippen LogP contribution in [0.25, 0.3) is 0 Å². The van der Waals surface area contributed by atoms with Crippen LogP contribution in [0.2, 0.25) is 5.02 Å². The van der Waals surface area contributed by atoms with Crippen molar-refractivity contribution in [1.82, 2.24) is 0 Å². The van der Waals surface area contributed by atoms with Crippen LogP contribution in [0.15, 0.2) is 109 Å². The fourth-order valence-corrected chi connectivity index (χ4v) is 4.31. The summed E-state index contributed by atoms with van der Waals surface area (Å²) in [5.74, 6) is 0.390. The largest absolute Gasteiger partial charge is 0.489 e. The zero-order valence-electron chi connectivity index (χ0n) is 19.6. The van der Waals surface area contributed by atoms with Crippen molar-refractivity contribution in [1.29, 1.82) is 5.26 Å². The van der Waals surface area contributed by atoms with Gasteiger partial charge in [0.25, 0.3) is 0 Å². The number of allylic oxidation sites excluding steroid dienone is 1. The van der Waals surface area contributed by atoms with Gasteiger partial charge in [0.05, 0.1) is 11.5 Å². The van der Waals surface area contributed by atoms with Gasteiger partial charge in [-0.2, -0.15) is 5.26 Å². The van der Waals surface area contributed by atoms with E-state index < -0.39 is 11.9 Å². The van der Waals surface area contributed by atoms with Crippen molar-refractivity contribution in [2.24, 2.45) is 5.73 Å². The average molecular weight is 509 g/mol. The van der Waals surface area contributed by atoms with E-state index in [-0.39, 0.29) is 11.6 Å². The van der Waals surface area contributed by atoms with Crippen molar-refractivity contribution in [2.45, 2.75) is 12.5 Å². The third kappa shape index (κ3) is 5.27. The molecule has 2 N–H and O–H groups in total. The summed E-state index contributed by atoms with van der Waals surface area (Å²) < 4.78 is 17.1. The first kappa shape index (κ1) is 24.0. The van der Waals surface area contributed by atoms with Gasteiger partial charge in [0.1, 0.15) is 35.5 Å². The number of carbonyl (C=O) groups excluding carboxylic acids is 1. The first-order valence-electron chi connectivity index (χ1n) is 11.5. The van der Waals surface area contributed by atoms with Crippen molar-refractivity contribution < 1.29 is 19.0 Å². The molecule has 1 aliphatic heterocycles. The van der Waals surface area contributed by atoms with Crippen LogP contribution in [-0.4, -0.2) is 5.97 Å². The van der Waals surface area contributed by atoms with E-state index >= 15 is 0 Å². The van der Waals surface area contributed by atoms with E-state index in [0.29, 0.717) is 34.3 Å². The standard InChI is InChI=1S/C30H21ClN2O4/c31-22-8-4-7-21(15-22)30(34)36-24-13-14-25-27(16-24)37-29(33)26(17-32)28(25)20-9-11-23(12-10-20)35-18-19-5-2-1-3-6-19/h1-16,28H,18,33H2/t28-/m1/s1. The van der Waals surface area contributed by atoms with E-state index in [1.807, 2.05) is 54.6 Å². The molecule has 1 aliphatic rings. The highest BCUT2D eigenvalue weighted by Gasteiger charge is 2.31. The zero-order chi connectivity index (χ0) is 25.8. The molecule has 6 nitrogen and oxygen atoms in total. The molecule has 1 heterocycles. The lowest BCUT2D eigenvalue weighted by molar-refractivity contribution is 0.0734. The fourth-order valence-electron chi connectivity index (χ4n) is 4.12. The van der Waals surface area contributed by atoms with Gasteiger partial charge in [-0.15, -0.1) is 0 Å². The SMILES string of the molecule is N#CC1=C(N)Oc2cc(OC(=O)c3cccc(Cl)c3)ccc2[C@H]1c1ccc(OCc2ccccc2)cc1. The van der Waals surface area contributed by atoms with Gasteiger partial charge in [-0.3, -0.25) is 0 Å². The number of esters is 1. The molecule has 0 unspecified atom stereocenters. The lowest BCUT2D eigenvalue weighted by atomic mass is 9.83. The second-order valence-corrected chi connectivity index (χ2v) is 8.80. The molecule has 0 spiro atoms. The second-order valence-electron chi connectivity index (χ2n) is 8.37. The average Bonchev–Trinajstić information content (AvgIpc) is 2.92. The summed E-state index contributed by atoms with van der Waals surface area (Å²) in [5, 5.41) is 10.3. The minimum atomic E-state index is -0.554. The number of benzene rings is 4. The molecule has 0 aliphatic carbocycles. The third-order valence-electron chi connectivity index (χ3n) is 5.92. The number of hydrogen-bond acceptors (Lipinski definition) is 6. The van der Waals surface area contributed by atoms with Crippen LogP contribution in [-0.2, 0) is 6.61 Å². The van der Waals surface area contributed by atoms with Gasteiger partial charge in [0.2, 0.25) is 5.88 Å². The van der Waals surface area contributed by atoms with Gasteiger partial charge >= 0.3 is 5.97 Å². The van der Waals surface area contributed by atoms with Crippen LogP contribution in [0.1, 0.15) is 33.0 Å². The second kappa shape index (κ2) is 10.5. The minimum Gasteiger partial charge on any atom is -0.489 e. The number of rotatable bonds is 6. The maximum Gasteiger partial charge on any atom is 0.343 e. The number of halogens is 1. The molecular weight excluding hydrogens is 488 g/mol. The fraction of sp³-hybridized carbons (Fsp3) is 0.0667. The minimum absolute atomic E-state index is 0.00252. The van der Waals surface area contributed by atoms with Crippen LogP contribution in [0, 0.1) is 11.3 Å². The van der Waals surface area contributed by atoms with Gasteiger partial charge in [-0.25, -0.2) is 4.79 Å². The Morgan fingerprint density at radius 2 is 1.70 bits per heavy atom. The molecule has 37 heavy (non-hydrogen) atoms. The predicted octanol–water partition coefficient (Wildman–Crippen LogP) is 6.36. The van der Waals surface area contributed by atoms with Gasteiger partial charge in [0.15, 0.2) is 0 Å². The third-order valence-corrected chi connectivity index (χ3v) is 6.16. The molecule has 0 bridgehead atoms. The van der Waals surface area contributed by atoms with E-state index in [4.69, 9.17) is 31.5 Å². The van der Waals surface area contributed by atoms with Gasteiger partial charge in [0, 0.05) is 16.7 Å². The number of hydrogen-bond donors (Lipinski definition) is 1. The Bertz CT molecular complexity index is 1530. The van der Waals surface area contributed by atoms with Crippen LogP contribution < -0.4 is 19.9 Å².